The second-order valence-electron chi connectivity index (χ2n) is 5.03. The van der Waals surface area contributed by atoms with Crippen LogP contribution in [0.2, 0.25) is 10.0 Å². The van der Waals surface area contributed by atoms with Crippen molar-refractivity contribution in [3.05, 3.63) is 33.8 Å². The predicted molar refractivity (Wildman–Crippen MR) is 72.1 cm³/mol. The van der Waals surface area contributed by atoms with Gasteiger partial charge in [0.15, 0.2) is 0 Å². The van der Waals surface area contributed by atoms with E-state index >= 15 is 0 Å². The minimum Gasteiger partial charge on any atom is -0.356 e. The molecule has 5 heteroatoms. The third kappa shape index (κ3) is 2.35. The van der Waals surface area contributed by atoms with Crippen molar-refractivity contribution in [2.45, 2.75) is 32.5 Å². The van der Waals surface area contributed by atoms with Crippen LogP contribution in [0.1, 0.15) is 31.1 Å². The number of nitrogens with zero attached hydrogens (tertiary/aromatic N) is 1. The molecule has 1 heterocycles. The van der Waals surface area contributed by atoms with Gasteiger partial charge in [-0.2, -0.15) is 0 Å². The van der Waals surface area contributed by atoms with Gasteiger partial charge in [0.1, 0.15) is 6.23 Å². The summed E-state index contributed by atoms with van der Waals surface area (Å²) in [6.07, 6.45) is -0.234. The SMILES string of the molecule is CC1OCC(C)(C)N1C(=O)c1ccc(Cl)c(Cl)c1. The molecule has 2 rings (SSSR count). The molecule has 1 fully saturated rings. The number of hydrogen-bond donors (Lipinski definition) is 0. The predicted octanol–water partition coefficient (Wildman–Crippen LogP) is 3.59. The lowest BCUT2D eigenvalue weighted by atomic mass is 10.0. The molecule has 1 amide bonds. The van der Waals surface area contributed by atoms with Gasteiger partial charge in [0.05, 0.1) is 22.2 Å². The molecule has 0 saturated carbocycles. The molecular formula is C13H15Cl2NO2. The summed E-state index contributed by atoms with van der Waals surface area (Å²) >= 11 is 11.8. The molecule has 3 nitrogen and oxygen atoms in total. The van der Waals surface area contributed by atoms with E-state index in [1.54, 1.807) is 23.1 Å². The largest absolute Gasteiger partial charge is 0.356 e. The summed E-state index contributed by atoms with van der Waals surface area (Å²) in [6.45, 7) is 6.35. The minimum atomic E-state index is -0.317. The molecule has 0 bridgehead atoms. The summed E-state index contributed by atoms with van der Waals surface area (Å²) in [5.74, 6) is -0.0939. The number of ether oxygens (including phenoxy) is 1. The first-order valence-electron chi connectivity index (χ1n) is 5.73. The van der Waals surface area contributed by atoms with Crippen LogP contribution in [0, 0.1) is 0 Å². The molecule has 1 saturated heterocycles. The second-order valence-corrected chi connectivity index (χ2v) is 5.84. The Balaban J connectivity index is 2.33. The maximum Gasteiger partial charge on any atom is 0.256 e. The van der Waals surface area contributed by atoms with E-state index in [4.69, 9.17) is 27.9 Å². The highest BCUT2D eigenvalue weighted by molar-refractivity contribution is 6.42. The molecule has 0 radical (unpaired) electrons. The lowest BCUT2D eigenvalue weighted by molar-refractivity contribution is 0.0307. The second kappa shape index (κ2) is 4.72. The molecule has 1 unspecified atom stereocenters. The number of benzene rings is 1. The molecule has 1 aromatic carbocycles. The van der Waals surface area contributed by atoms with Gasteiger partial charge >= 0.3 is 0 Å². The zero-order chi connectivity index (χ0) is 13.5. The van der Waals surface area contributed by atoms with Crippen molar-refractivity contribution < 1.29 is 9.53 Å². The molecule has 1 aromatic rings. The maximum absolute atomic E-state index is 12.5. The van der Waals surface area contributed by atoms with Gasteiger partial charge in [-0.25, -0.2) is 0 Å². The molecule has 1 aliphatic rings. The number of halogens is 2. The zero-order valence-electron chi connectivity index (χ0n) is 10.5. The van der Waals surface area contributed by atoms with Gasteiger partial charge in [0, 0.05) is 5.56 Å². The topological polar surface area (TPSA) is 29.5 Å². The Morgan fingerprint density at radius 1 is 1.39 bits per heavy atom. The first-order chi connectivity index (χ1) is 8.33. The van der Waals surface area contributed by atoms with E-state index in [-0.39, 0.29) is 17.7 Å². The molecular weight excluding hydrogens is 273 g/mol. The van der Waals surface area contributed by atoms with Gasteiger partial charge in [-0.15, -0.1) is 0 Å². The van der Waals surface area contributed by atoms with Crippen LogP contribution in [-0.4, -0.2) is 29.2 Å². The third-order valence-electron chi connectivity index (χ3n) is 3.08. The van der Waals surface area contributed by atoms with E-state index in [1.165, 1.54) is 0 Å². The Kier molecular flexibility index (Phi) is 3.58. The standard InChI is InChI=1S/C13H15Cl2NO2/c1-8-16(13(2,3)7-18-8)12(17)9-4-5-10(14)11(15)6-9/h4-6,8H,7H2,1-3H3. The fraction of sp³-hybridized carbons (Fsp3) is 0.462. The quantitative estimate of drug-likeness (QED) is 0.790. The van der Waals surface area contributed by atoms with E-state index in [9.17, 15) is 4.79 Å². The highest BCUT2D eigenvalue weighted by atomic mass is 35.5. The molecule has 18 heavy (non-hydrogen) atoms. The Labute approximate surface area is 117 Å². The molecule has 0 spiro atoms. The van der Waals surface area contributed by atoms with Crippen molar-refractivity contribution in [3.8, 4) is 0 Å². The maximum atomic E-state index is 12.5. The first kappa shape index (κ1) is 13.7. The summed E-state index contributed by atoms with van der Waals surface area (Å²) in [4.78, 5) is 14.2. The normalized spacial score (nSPS) is 22.3. The van der Waals surface area contributed by atoms with E-state index in [0.717, 1.165) is 0 Å². The summed E-state index contributed by atoms with van der Waals surface area (Å²) in [7, 11) is 0. The van der Waals surface area contributed by atoms with Gasteiger partial charge in [0.2, 0.25) is 0 Å². The summed E-state index contributed by atoms with van der Waals surface area (Å²) in [5.41, 5.74) is 0.206. The molecule has 0 N–H and O–H groups in total. The van der Waals surface area contributed by atoms with Crippen LogP contribution >= 0.6 is 23.2 Å². The number of carbonyl (C=O) groups excluding carboxylic acids is 1. The third-order valence-corrected chi connectivity index (χ3v) is 3.82. The number of carbonyl (C=O) groups is 1. The van der Waals surface area contributed by atoms with Gasteiger partial charge in [-0.3, -0.25) is 4.79 Å². The van der Waals surface area contributed by atoms with Crippen molar-refractivity contribution in [1.82, 2.24) is 4.90 Å². The average Bonchev–Trinajstić information content (AvgIpc) is 2.56. The van der Waals surface area contributed by atoms with Crippen molar-refractivity contribution in [1.29, 1.82) is 0 Å². The van der Waals surface area contributed by atoms with Crippen molar-refractivity contribution >= 4 is 29.1 Å². The molecule has 1 aliphatic heterocycles. The molecule has 1 atom stereocenters. The lowest BCUT2D eigenvalue weighted by Crippen LogP contribution is -2.47. The van der Waals surface area contributed by atoms with Gasteiger partial charge in [0.25, 0.3) is 5.91 Å². The Morgan fingerprint density at radius 2 is 2.06 bits per heavy atom. The van der Waals surface area contributed by atoms with Crippen LogP contribution in [0.15, 0.2) is 18.2 Å². The van der Waals surface area contributed by atoms with Crippen LogP contribution in [0.4, 0.5) is 0 Å². The number of hydrogen-bond acceptors (Lipinski definition) is 2. The summed E-state index contributed by atoms with van der Waals surface area (Å²) < 4.78 is 5.52. The van der Waals surface area contributed by atoms with Crippen LogP contribution in [0.5, 0.6) is 0 Å². The van der Waals surface area contributed by atoms with Crippen LogP contribution in [-0.2, 0) is 4.74 Å². The minimum absolute atomic E-state index is 0.0939. The van der Waals surface area contributed by atoms with Gasteiger partial charge < -0.3 is 9.64 Å². The van der Waals surface area contributed by atoms with Crippen molar-refractivity contribution in [2.24, 2.45) is 0 Å². The zero-order valence-corrected chi connectivity index (χ0v) is 12.0. The highest BCUT2D eigenvalue weighted by Gasteiger charge is 2.41. The molecule has 0 aliphatic carbocycles. The first-order valence-corrected chi connectivity index (χ1v) is 6.49. The Morgan fingerprint density at radius 3 is 2.56 bits per heavy atom. The fourth-order valence-corrected chi connectivity index (χ4v) is 2.47. The van der Waals surface area contributed by atoms with Crippen LogP contribution in [0.25, 0.3) is 0 Å². The fourth-order valence-electron chi connectivity index (χ4n) is 2.17. The Hall–Kier alpha value is -0.770. The summed E-state index contributed by atoms with van der Waals surface area (Å²) in [5, 5.41) is 0.825. The van der Waals surface area contributed by atoms with Gasteiger partial charge in [-0.05, 0) is 39.0 Å². The molecule has 0 aromatic heterocycles. The van der Waals surface area contributed by atoms with E-state index < -0.39 is 0 Å². The van der Waals surface area contributed by atoms with Gasteiger partial charge in [-0.1, -0.05) is 23.2 Å². The van der Waals surface area contributed by atoms with E-state index in [0.29, 0.717) is 22.2 Å². The van der Waals surface area contributed by atoms with E-state index in [1.807, 2.05) is 20.8 Å². The molecule has 98 valence electrons. The summed E-state index contributed by atoms with van der Waals surface area (Å²) in [6, 6.07) is 4.90. The Bertz CT molecular complexity index is 488. The number of amides is 1. The smallest absolute Gasteiger partial charge is 0.256 e. The van der Waals surface area contributed by atoms with E-state index in [2.05, 4.69) is 0 Å². The average molecular weight is 288 g/mol. The lowest BCUT2D eigenvalue weighted by Gasteiger charge is -2.32. The van der Waals surface area contributed by atoms with Crippen LogP contribution in [0.3, 0.4) is 0 Å². The van der Waals surface area contributed by atoms with Crippen LogP contribution < -0.4 is 0 Å². The number of rotatable bonds is 1. The van der Waals surface area contributed by atoms with Crippen molar-refractivity contribution in [2.75, 3.05) is 6.61 Å². The highest BCUT2D eigenvalue weighted by Crippen LogP contribution is 2.30. The monoisotopic (exact) mass is 287 g/mol. The van der Waals surface area contributed by atoms with Crippen molar-refractivity contribution in [3.63, 3.8) is 0 Å².